The summed E-state index contributed by atoms with van der Waals surface area (Å²) in [5, 5.41) is 7.30. The fourth-order valence-electron chi connectivity index (χ4n) is 1.53. The molecule has 0 saturated carbocycles. The van der Waals surface area contributed by atoms with E-state index in [4.69, 9.17) is 18.7 Å². The van der Waals surface area contributed by atoms with E-state index in [-0.39, 0.29) is 0 Å². The predicted molar refractivity (Wildman–Crippen MR) is 75.4 cm³/mol. The molecule has 0 atom stereocenters. The van der Waals surface area contributed by atoms with Crippen LogP contribution in [0.25, 0.3) is 0 Å². The van der Waals surface area contributed by atoms with E-state index >= 15 is 0 Å². The van der Waals surface area contributed by atoms with Gasteiger partial charge in [-0.05, 0) is 12.5 Å². The largest absolute Gasteiger partial charge is 0.382 e. The number of nitrogens with zero attached hydrogens (tertiary/aromatic N) is 1. The molecule has 0 unspecified atom stereocenters. The van der Waals surface area contributed by atoms with Crippen molar-refractivity contribution in [3.63, 3.8) is 0 Å². The third-order valence-electron chi connectivity index (χ3n) is 2.51. The molecule has 0 bridgehead atoms. The van der Waals surface area contributed by atoms with Crippen LogP contribution in [0.4, 0.5) is 0 Å². The number of ether oxygens (including phenoxy) is 3. The van der Waals surface area contributed by atoms with Crippen molar-refractivity contribution in [1.29, 1.82) is 0 Å². The van der Waals surface area contributed by atoms with Gasteiger partial charge in [0.2, 0.25) is 0 Å². The molecule has 0 amide bonds. The Bertz CT molecular complexity index is 342. The Morgan fingerprint density at radius 3 is 2.70 bits per heavy atom. The molecule has 0 aromatic carbocycles. The van der Waals surface area contributed by atoms with E-state index in [2.05, 4.69) is 24.3 Å². The third-order valence-corrected chi connectivity index (χ3v) is 2.51. The second kappa shape index (κ2) is 10.8. The zero-order valence-corrected chi connectivity index (χ0v) is 12.7. The second-order valence-corrected chi connectivity index (χ2v) is 4.97. The van der Waals surface area contributed by atoms with Crippen LogP contribution < -0.4 is 5.32 Å². The molecule has 0 radical (unpaired) electrons. The Hall–Kier alpha value is -0.950. The Morgan fingerprint density at radius 1 is 1.20 bits per heavy atom. The maximum absolute atomic E-state index is 5.44. The number of hydrogen-bond acceptors (Lipinski definition) is 6. The van der Waals surface area contributed by atoms with Crippen LogP contribution in [-0.4, -0.2) is 45.2 Å². The van der Waals surface area contributed by atoms with Crippen LogP contribution in [0.3, 0.4) is 0 Å². The zero-order valence-electron chi connectivity index (χ0n) is 12.7. The van der Waals surface area contributed by atoms with Crippen molar-refractivity contribution in [1.82, 2.24) is 10.5 Å². The standard InChI is InChI=1S/C14H26N2O4/c1-12(2)9-15-10-13-8-14(20-16-13)11-19-7-6-18-5-4-17-3/h8,12,15H,4-7,9-11H2,1-3H3. The minimum atomic E-state index is 0.421. The van der Waals surface area contributed by atoms with Gasteiger partial charge in [0.25, 0.3) is 0 Å². The summed E-state index contributed by atoms with van der Waals surface area (Å²) in [6, 6.07) is 1.92. The summed E-state index contributed by atoms with van der Waals surface area (Å²) in [5.74, 6) is 1.37. The second-order valence-electron chi connectivity index (χ2n) is 4.97. The fraction of sp³-hybridized carbons (Fsp3) is 0.786. The molecule has 20 heavy (non-hydrogen) atoms. The summed E-state index contributed by atoms with van der Waals surface area (Å²) in [6.45, 7) is 8.74. The van der Waals surface area contributed by atoms with Gasteiger partial charge in [0.05, 0.1) is 32.1 Å². The quantitative estimate of drug-likeness (QED) is 0.589. The van der Waals surface area contributed by atoms with Crippen molar-refractivity contribution in [2.24, 2.45) is 5.92 Å². The highest BCUT2D eigenvalue weighted by Crippen LogP contribution is 2.05. The maximum Gasteiger partial charge on any atom is 0.162 e. The molecule has 1 aromatic rings. The Morgan fingerprint density at radius 2 is 1.95 bits per heavy atom. The van der Waals surface area contributed by atoms with E-state index in [0.717, 1.165) is 24.5 Å². The first kappa shape index (κ1) is 17.1. The monoisotopic (exact) mass is 286 g/mol. The highest BCUT2D eigenvalue weighted by molar-refractivity contribution is 5.04. The highest BCUT2D eigenvalue weighted by Gasteiger charge is 2.04. The number of hydrogen-bond donors (Lipinski definition) is 1. The first-order valence-electron chi connectivity index (χ1n) is 7.02. The van der Waals surface area contributed by atoms with Crippen molar-refractivity contribution >= 4 is 0 Å². The molecular weight excluding hydrogens is 260 g/mol. The predicted octanol–water partition coefficient (Wildman–Crippen LogP) is 1.60. The van der Waals surface area contributed by atoms with Gasteiger partial charge in [-0.3, -0.25) is 0 Å². The van der Waals surface area contributed by atoms with Gasteiger partial charge in [-0.25, -0.2) is 0 Å². The van der Waals surface area contributed by atoms with E-state index in [1.165, 1.54) is 0 Å². The van der Waals surface area contributed by atoms with Gasteiger partial charge >= 0.3 is 0 Å². The van der Waals surface area contributed by atoms with Crippen LogP contribution in [-0.2, 0) is 27.4 Å². The molecule has 6 heteroatoms. The van der Waals surface area contributed by atoms with Gasteiger partial charge in [-0.2, -0.15) is 0 Å². The van der Waals surface area contributed by atoms with E-state index in [1.54, 1.807) is 7.11 Å². The molecule has 6 nitrogen and oxygen atoms in total. The van der Waals surface area contributed by atoms with Crippen molar-refractivity contribution < 1.29 is 18.7 Å². The van der Waals surface area contributed by atoms with Crippen molar-refractivity contribution in [2.45, 2.75) is 27.0 Å². The molecule has 1 aromatic heterocycles. The van der Waals surface area contributed by atoms with Gasteiger partial charge in [0.1, 0.15) is 6.61 Å². The minimum Gasteiger partial charge on any atom is -0.382 e. The topological polar surface area (TPSA) is 65.8 Å². The molecule has 1 heterocycles. The summed E-state index contributed by atoms with van der Waals surface area (Å²) in [7, 11) is 1.65. The minimum absolute atomic E-state index is 0.421. The fourth-order valence-corrected chi connectivity index (χ4v) is 1.53. The molecule has 116 valence electrons. The van der Waals surface area contributed by atoms with Crippen LogP contribution in [0, 0.1) is 5.92 Å². The number of aromatic nitrogens is 1. The smallest absolute Gasteiger partial charge is 0.162 e. The lowest BCUT2D eigenvalue weighted by atomic mass is 10.2. The Kier molecular flexibility index (Phi) is 9.23. The van der Waals surface area contributed by atoms with Gasteiger partial charge in [0.15, 0.2) is 5.76 Å². The number of methoxy groups -OCH3 is 1. The molecular formula is C14H26N2O4. The maximum atomic E-state index is 5.44. The lowest BCUT2D eigenvalue weighted by Crippen LogP contribution is -2.19. The molecule has 0 aliphatic heterocycles. The molecule has 1 rings (SSSR count). The van der Waals surface area contributed by atoms with Crippen LogP contribution in [0.15, 0.2) is 10.6 Å². The lowest BCUT2D eigenvalue weighted by molar-refractivity contribution is 0.0151. The SMILES string of the molecule is COCCOCCOCc1cc(CNCC(C)C)no1. The summed E-state index contributed by atoms with van der Waals surface area (Å²) in [6.07, 6.45) is 0. The van der Waals surface area contributed by atoms with Gasteiger partial charge < -0.3 is 24.1 Å². The molecule has 0 aliphatic rings. The summed E-state index contributed by atoms with van der Waals surface area (Å²) >= 11 is 0. The summed E-state index contributed by atoms with van der Waals surface area (Å²) in [5.41, 5.74) is 0.903. The van der Waals surface area contributed by atoms with Crippen LogP contribution in [0.2, 0.25) is 0 Å². The average molecular weight is 286 g/mol. The van der Waals surface area contributed by atoms with Crippen LogP contribution in [0.5, 0.6) is 0 Å². The van der Waals surface area contributed by atoms with Gasteiger partial charge in [-0.15, -0.1) is 0 Å². The summed E-state index contributed by atoms with van der Waals surface area (Å²) in [4.78, 5) is 0. The number of rotatable bonds is 12. The molecule has 1 N–H and O–H groups in total. The van der Waals surface area contributed by atoms with Crippen LogP contribution in [0.1, 0.15) is 25.3 Å². The lowest BCUT2D eigenvalue weighted by Gasteiger charge is -2.04. The summed E-state index contributed by atoms with van der Waals surface area (Å²) < 4.78 is 20.8. The average Bonchev–Trinajstić information content (AvgIpc) is 2.85. The first-order chi connectivity index (χ1) is 9.72. The molecule has 0 spiro atoms. The van der Waals surface area contributed by atoms with Crippen molar-refractivity contribution in [2.75, 3.05) is 40.1 Å². The third kappa shape index (κ3) is 8.27. The van der Waals surface area contributed by atoms with Crippen molar-refractivity contribution in [3.8, 4) is 0 Å². The van der Waals surface area contributed by atoms with E-state index in [1.807, 2.05) is 6.07 Å². The van der Waals surface area contributed by atoms with Crippen LogP contribution >= 0.6 is 0 Å². The number of nitrogens with one attached hydrogen (secondary N) is 1. The molecule has 0 saturated heterocycles. The Balaban J connectivity index is 2.05. The zero-order chi connectivity index (χ0) is 14.6. The van der Waals surface area contributed by atoms with Crippen molar-refractivity contribution in [3.05, 3.63) is 17.5 Å². The van der Waals surface area contributed by atoms with E-state index in [0.29, 0.717) is 39.0 Å². The Labute approximate surface area is 120 Å². The first-order valence-corrected chi connectivity index (χ1v) is 7.02. The molecule has 0 fully saturated rings. The normalized spacial score (nSPS) is 11.4. The van der Waals surface area contributed by atoms with Gasteiger partial charge in [-0.1, -0.05) is 19.0 Å². The van der Waals surface area contributed by atoms with E-state index < -0.39 is 0 Å². The highest BCUT2D eigenvalue weighted by atomic mass is 16.5. The van der Waals surface area contributed by atoms with Gasteiger partial charge in [0, 0.05) is 19.7 Å². The molecule has 0 aliphatic carbocycles. The van der Waals surface area contributed by atoms with E-state index in [9.17, 15) is 0 Å².